The van der Waals surface area contributed by atoms with Crippen molar-refractivity contribution in [1.82, 2.24) is 10.2 Å². The third kappa shape index (κ3) is 3.19. The summed E-state index contributed by atoms with van der Waals surface area (Å²) >= 11 is 1.88. The van der Waals surface area contributed by atoms with Gasteiger partial charge in [-0.1, -0.05) is 12.1 Å². The summed E-state index contributed by atoms with van der Waals surface area (Å²) in [7, 11) is 0. The van der Waals surface area contributed by atoms with Gasteiger partial charge in [-0.15, -0.1) is 0 Å². The summed E-state index contributed by atoms with van der Waals surface area (Å²) in [5, 5.41) is 14.2. The van der Waals surface area contributed by atoms with Gasteiger partial charge in [0.2, 0.25) is 0 Å². The van der Waals surface area contributed by atoms with E-state index in [0.29, 0.717) is 19.5 Å². The van der Waals surface area contributed by atoms with Gasteiger partial charge in [-0.3, -0.25) is 10.1 Å². The van der Waals surface area contributed by atoms with Crippen LogP contribution in [0.25, 0.3) is 0 Å². The lowest BCUT2D eigenvalue weighted by molar-refractivity contribution is -0.385. The van der Waals surface area contributed by atoms with Crippen LogP contribution in [0.5, 0.6) is 0 Å². The number of carbonyl (C=O) groups excluding carboxylic acids is 1. The first-order chi connectivity index (χ1) is 10.6. The molecule has 2 amide bonds. The van der Waals surface area contributed by atoms with Crippen molar-refractivity contribution in [1.29, 1.82) is 0 Å². The molecule has 2 heterocycles. The molecule has 1 aromatic rings. The molecular weight excluding hydrogens is 302 g/mol. The predicted molar refractivity (Wildman–Crippen MR) is 86.1 cm³/mol. The van der Waals surface area contributed by atoms with Gasteiger partial charge >= 0.3 is 6.03 Å². The number of fused-ring (bicyclic) bond motifs is 1. The molecule has 1 saturated heterocycles. The molecule has 0 bridgehead atoms. The molecule has 0 radical (unpaired) electrons. The third-order valence-electron chi connectivity index (χ3n) is 4.21. The molecule has 1 fully saturated rings. The molecule has 0 aliphatic carbocycles. The average Bonchev–Trinajstić information content (AvgIpc) is 2.54. The maximum Gasteiger partial charge on any atom is 0.317 e. The summed E-state index contributed by atoms with van der Waals surface area (Å²) in [6.45, 7) is 0.978. The van der Waals surface area contributed by atoms with E-state index in [1.807, 2.05) is 17.8 Å². The Labute approximate surface area is 133 Å². The highest BCUT2D eigenvalue weighted by Crippen LogP contribution is 2.27. The molecule has 1 N–H and O–H groups in total. The second kappa shape index (κ2) is 6.56. The minimum Gasteiger partial charge on any atom is -0.334 e. The van der Waals surface area contributed by atoms with Crippen LogP contribution in [0.4, 0.5) is 10.5 Å². The summed E-state index contributed by atoms with van der Waals surface area (Å²) in [4.78, 5) is 24.8. The molecule has 0 aromatic heterocycles. The molecule has 6 nitrogen and oxygen atoms in total. The van der Waals surface area contributed by atoms with Crippen molar-refractivity contribution in [3.63, 3.8) is 0 Å². The quantitative estimate of drug-likeness (QED) is 0.671. The SMILES string of the molecule is O=C(N[C@H]1CCCSC1)N1CCc2c(cccc2[N+](=O)[O-])C1. The van der Waals surface area contributed by atoms with Crippen LogP contribution in [0.15, 0.2) is 18.2 Å². The van der Waals surface area contributed by atoms with Gasteiger partial charge in [0.05, 0.1) is 4.92 Å². The molecule has 7 heteroatoms. The number of carbonyl (C=O) groups is 1. The lowest BCUT2D eigenvalue weighted by Crippen LogP contribution is -2.48. The standard InChI is InChI=1S/C15H19N3O3S/c19-15(16-12-4-2-8-22-10-12)17-7-6-13-11(9-17)3-1-5-14(13)18(20)21/h1,3,5,12H,2,4,6-10H2,(H,16,19)/t12-/m0/s1. The number of urea groups is 1. The van der Waals surface area contributed by atoms with Crippen molar-refractivity contribution in [3.05, 3.63) is 39.4 Å². The summed E-state index contributed by atoms with van der Waals surface area (Å²) < 4.78 is 0. The Hall–Kier alpha value is -1.76. The van der Waals surface area contributed by atoms with Crippen molar-refractivity contribution < 1.29 is 9.72 Å². The van der Waals surface area contributed by atoms with Crippen molar-refractivity contribution in [2.24, 2.45) is 0 Å². The Morgan fingerprint density at radius 3 is 3.05 bits per heavy atom. The van der Waals surface area contributed by atoms with Crippen molar-refractivity contribution in [2.75, 3.05) is 18.1 Å². The first-order valence-corrected chi connectivity index (χ1v) is 8.69. The molecule has 0 spiro atoms. The van der Waals surface area contributed by atoms with Crippen molar-refractivity contribution in [3.8, 4) is 0 Å². The average molecular weight is 321 g/mol. The fraction of sp³-hybridized carbons (Fsp3) is 0.533. The molecule has 0 unspecified atom stereocenters. The van der Waals surface area contributed by atoms with Crippen molar-refractivity contribution in [2.45, 2.75) is 31.8 Å². The van der Waals surface area contributed by atoms with Crippen LogP contribution in [-0.2, 0) is 13.0 Å². The first kappa shape index (κ1) is 15.1. The Bertz CT molecular complexity index is 587. The van der Waals surface area contributed by atoms with Gasteiger partial charge in [0.15, 0.2) is 0 Å². The van der Waals surface area contributed by atoms with Crippen LogP contribution < -0.4 is 5.32 Å². The van der Waals surface area contributed by atoms with E-state index >= 15 is 0 Å². The minimum absolute atomic E-state index is 0.0512. The van der Waals surface area contributed by atoms with E-state index < -0.39 is 0 Å². The number of nitrogens with zero attached hydrogens (tertiary/aromatic N) is 2. The number of nitrogens with one attached hydrogen (secondary N) is 1. The number of thioether (sulfide) groups is 1. The smallest absolute Gasteiger partial charge is 0.317 e. The molecule has 1 atom stereocenters. The van der Waals surface area contributed by atoms with Gasteiger partial charge in [-0.2, -0.15) is 11.8 Å². The molecule has 1 aromatic carbocycles. The maximum absolute atomic E-state index is 12.4. The Morgan fingerprint density at radius 1 is 1.45 bits per heavy atom. The van der Waals surface area contributed by atoms with Gasteiger partial charge in [0.1, 0.15) is 0 Å². The summed E-state index contributed by atoms with van der Waals surface area (Å²) in [6.07, 6.45) is 2.72. The molecule has 22 heavy (non-hydrogen) atoms. The van der Waals surface area contributed by atoms with Crippen LogP contribution in [-0.4, -0.2) is 39.9 Å². The second-order valence-corrected chi connectivity index (χ2v) is 6.86. The van der Waals surface area contributed by atoms with Gasteiger partial charge in [0, 0.05) is 36.5 Å². The molecule has 118 valence electrons. The van der Waals surface area contributed by atoms with E-state index in [9.17, 15) is 14.9 Å². The molecule has 3 rings (SSSR count). The van der Waals surface area contributed by atoms with Gasteiger partial charge in [-0.25, -0.2) is 4.79 Å². The monoisotopic (exact) mass is 321 g/mol. The normalized spacial score (nSPS) is 21.1. The summed E-state index contributed by atoms with van der Waals surface area (Å²) in [5.74, 6) is 2.15. The number of hydrogen-bond donors (Lipinski definition) is 1. The fourth-order valence-electron chi connectivity index (χ4n) is 3.05. The maximum atomic E-state index is 12.4. The predicted octanol–water partition coefficient (Wildman–Crippen LogP) is 2.56. The van der Waals surface area contributed by atoms with E-state index in [1.165, 1.54) is 11.8 Å². The Morgan fingerprint density at radius 2 is 2.32 bits per heavy atom. The highest BCUT2D eigenvalue weighted by molar-refractivity contribution is 7.99. The van der Waals surface area contributed by atoms with Gasteiger partial charge < -0.3 is 10.2 Å². The summed E-state index contributed by atoms with van der Waals surface area (Å²) in [5.41, 5.74) is 1.82. The minimum atomic E-state index is -0.339. The van der Waals surface area contributed by atoms with E-state index in [2.05, 4.69) is 5.32 Å². The van der Waals surface area contributed by atoms with Crippen LogP contribution in [0.2, 0.25) is 0 Å². The molecule has 0 saturated carbocycles. The van der Waals surface area contributed by atoms with Crippen LogP contribution in [0.1, 0.15) is 24.0 Å². The zero-order valence-corrected chi connectivity index (χ0v) is 13.1. The lowest BCUT2D eigenvalue weighted by Gasteiger charge is -2.31. The Balaban J connectivity index is 1.67. The zero-order valence-electron chi connectivity index (χ0n) is 12.3. The third-order valence-corrected chi connectivity index (χ3v) is 5.43. The number of amides is 2. The number of nitro groups is 1. The molecule has 2 aliphatic heterocycles. The number of nitro benzene ring substituents is 1. The van der Waals surface area contributed by atoms with Gasteiger partial charge in [-0.05, 0) is 30.6 Å². The fourth-order valence-corrected chi connectivity index (χ4v) is 4.13. The largest absolute Gasteiger partial charge is 0.334 e. The van der Waals surface area contributed by atoms with Crippen LogP contribution in [0, 0.1) is 10.1 Å². The number of hydrogen-bond acceptors (Lipinski definition) is 4. The van der Waals surface area contributed by atoms with Gasteiger partial charge in [0.25, 0.3) is 5.69 Å². The highest BCUT2D eigenvalue weighted by atomic mass is 32.2. The van der Waals surface area contributed by atoms with E-state index in [1.54, 1.807) is 11.0 Å². The molecule has 2 aliphatic rings. The molecular formula is C15H19N3O3S. The number of benzene rings is 1. The zero-order chi connectivity index (χ0) is 15.5. The van der Waals surface area contributed by atoms with Crippen LogP contribution >= 0.6 is 11.8 Å². The topological polar surface area (TPSA) is 75.5 Å². The van der Waals surface area contributed by atoms with E-state index in [0.717, 1.165) is 29.7 Å². The second-order valence-electron chi connectivity index (χ2n) is 5.71. The number of rotatable bonds is 2. The Kier molecular flexibility index (Phi) is 4.52. The first-order valence-electron chi connectivity index (χ1n) is 7.53. The van der Waals surface area contributed by atoms with Crippen LogP contribution in [0.3, 0.4) is 0 Å². The lowest BCUT2D eigenvalue weighted by atomic mass is 9.98. The van der Waals surface area contributed by atoms with Crippen molar-refractivity contribution >= 4 is 23.5 Å². The highest BCUT2D eigenvalue weighted by Gasteiger charge is 2.27. The summed E-state index contributed by atoms with van der Waals surface area (Å²) in [6, 6.07) is 5.30. The van der Waals surface area contributed by atoms with E-state index in [4.69, 9.17) is 0 Å². The van der Waals surface area contributed by atoms with E-state index in [-0.39, 0.29) is 22.7 Å².